The SMILES string of the molecule is COc1ccc([N+](=O)[O-])c(Oc2cc(N)nc(C)n2)c1. The summed E-state index contributed by atoms with van der Waals surface area (Å²) >= 11 is 0. The lowest BCUT2D eigenvalue weighted by atomic mass is 10.3. The quantitative estimate of drug-likeness (QED) is 0.671. The number of benzene rings is 1. The molecule has 0 aliphatic carbocycles. The minimum Gasteiger partial charge on any atom is -0.497 e. The van der Waals surface area contributed by atoms with Gasteiger partial charge in [0.1, 0.15) is 17.4 Å². The minimum atomic E-state index is -0.549. The maximum absolute atomic E-state index is 11.0. The van der Waals surface area contributed by atoms with E-state index in [4.69, 9.17) is 15.2 Å². The van der Waals surface area contributed by atoms with Crippen LogP contribution in [0.15, 0.2) is 24.3 Å². The molecule has 0 bridgehead atoms. The van der Waals surface area contributed by atoms with E-state index in [1.165, 1.54) is 31.4 Å². The third-order valence-electron chi connectivity index (χ3n) is 2.41. The molecule has 1 heterocycles. The van der Waals surface area contributed by atoms with E-state index in [1.54, 1.807) is 6.92 Å². The molecule has 0 unspecified atom stereocenters. The maximum Gasteiger partial charge on any atom is 0.311 e. The van der Waals surface area contributed by atoms with Crippen LogP contribution in [0.3, 0.4) is 0 Å². The predicted molar refractivity (Wildman–Crippen MR) is 70.9 cm³/mol. The second-order valence-electron chi connectivity index (χ2n) is 3.87. The van der Waals surface area contributed by atoms with E-state index in [2.05, 4.69) is 9.97 Å². The molecule has 0 aliphatic heterocycles. The van der Waals surface area contributed by atoms with Crippen molar-refractivity contribution >= 4 is 11.5 Å². The molecule has 0 saturated carbocycles. The summed E-state index contributed by atoms with van der Waals surface area (Å²) in [5.74, 6) is 1.21. The standard InChI is InChI=1S/C12H12N4O4/c1-7-14-11(13)6-12(15-7)20-10-5-8(19-2)3-4-9(10)16(17)18/h3-6H,1-2H3,(H2,13,14,15). The number of nitro groups is 1. The van der Waals surface area contributed by atoms with Crippen molar-refractivity contribution in [3.8, 4) is 17.4 Å². The molecule has 0 saturated heterocycles. The molecule has 0 radical (unpaired) electrons. The summed E-state index contributed by atoms with van der Waals surface area (Å²) < 4.78 is 10.4. The number of rotatable bonds is 4. The zero-order chi connectivity index (χ0) is 14.7. The van der Waals surface area contributed by atoms with Gasteiger partial charge in [0, 0.05) is 18.2 Å². The number of anilines is 1. The summed E-state index contributed by atoms with van der Waals surface area (Å²) in [5.41, 5.74) is 5.38. The van der Waals surface area contributed by atoms with E-state index in [0.717, 1.165) is 0 Å². The number of nitrogen functional groups attached to an aromatic ring is 1. The van der Waals surface area contributed by atoms with Crippen LogP contribution in [0, 0.1) is 17.0 Å². The molecule has 2 aromatic rings. The van der Waals surface area contributed by atoms with Crippen LogP contribution < -0.4 is 15.2 Å². The van der Waals surface area contributed by atoms with Gasteiger partial charge in [-0.3, -0.25) is 10.1 Å². The number of ether oxygens (including phenoxy) is 2. The lowest BCUT2D eigenvalue weighted by molar-refractivity contribution is -0.385. The van der Waals surface area contributed by atoms with Gasteiger partial charge in [0.25, 0.3) is 0 Å². The van der Waals surface area contributed by atoms with Gasteiger partial charge in [-0.05, 0) is 13.0 Å². The van der Waals surface area contributed by atoms with Crippen LogP contribution >= 0.6 is 0 Å². The molecule has 0 atom stereocenters. The number of methoxy groups -OCH3 is 1. The second kappa shape index (κ2) is 5.39. The molecule has 0 amide bonds. The lowest BCUT2D eigenvalue weighted by Crippen LogP contribution is -1.99. The summed E-state index contributed by atoms with van der Waals surface area (Å²) in [6, 6.07) is 5.57. The van der Waals surface area contributed by atoms with Gasteiger partial charge in [-0.15, -0.1) is 0 Å². The number of hydrogen-bond acceptors (Lipinski definition) is 7. The third kappa shape index (κ3) is 2.91. The van der Waals surface area contributed by atoms with Crippen LogP contribution in [0.2, 0.25) is 0 Å². The molecule has 0 fully saturated rings. The average molecular weight is 276 g/mol. The molecule has 8 heteroatoms. The molecule has 8 nitrogen and oxygen atoms in total. The maximum atomic E-state index is 11.0. The molecule has 0 spiro atoms. The van der Waals surface area contributed by atoms with E-state index in [0.29, 0.717) is 11.6 Å². The number of nitrogens with two attached hydrogens (primary N) is 1. The highest BCUT2D eigenvalue weighted by atomic mass is 16.6. The molecule has 2 rings (SSSR count). The Balaban J connectivity index is 2.42. The zero-order valence-corrected chi connectivity index (χ0v) is 10.9. The van der Waals surface area contributed by atoms with Crippen LogP contribution in [0.4, 0.5) is 11.5 Å². The Hall–Kier alpha value is -2.90. The van der Waals surface area contributed by atoms with Crippen molar-refractivity contribution in [1.82, 2.24) is 9.97 Å². The van der Waals surface area contributed by atoms with Crippen LogP contribution in [-0.2, 0) is 0 Å². The average Bonchev–Trinajstić information content (AvgIpc) is 2.37. The van der Waals surface area contributed by atoms with E-state index in [1.807, 2.05) is 0 Å². The summed E-state index contributed by atoms with van der Waals surface area (Å²) in [4.78, 5) is 18.3. The molecule has 20 heavy (non-hydrogen) atoms. The van der Waals surface area contributed by atoms with E-state index in [9.17, 15) is 10.1 Å². The molecular weight excluding hydrogens is 264 g/mol. The highest BCUT2D eigenvalue weighted by Crippen LogP contribution is 2.34. The summed E-state index contributed by atoms with van der Waals surface area (Å²) in [6.45, 7) is 1.64. The Morgan fingerprint density at radius 1 is 1.30 bits per heavy atom. The first-order chi connectivity index (χ1) is 9.49. The minimum absolute atomic E-state index is 0.0202. The normalized spacial score (nSPS) is 10.1. The molecule has 0 aliphatic rings. The fourth-order valence-electron chi connectivity index (χ4n) is 1.58. The van der Waals surface area contributed by atoms with Crippen LogP contribution in [0.1, 0.15) is 5.82 Å². The molecule has 104 valence electrons. The van der Waals surface area contributed by atoms with Gasteiger partial charge >= 0.3 is 5.69 Å². The van der Waals surface area contributed by atoms with Gasteiger partial charge < -0.3 is 15.2 Å². The Bertz CT molecular complexity index is 640. The topological polar surface area (TPSA) is 113 Å². The Morgan fingerprint density at radius 2 is 2.05 bits per heavy atom. The smallest absolute Gasteiger partial charge is 0.311 e. The number of aryl methyl sites for hydroxylation is 1. The van der Waals surface area contributed by atoms with Crippen molar-refractivity contribution < 1.29 is 14.4 Å². The van der Waals surface area contributed by atoms with Crippen molar-refractivity contribution in [1.29, 1.82) is 0 Å². The predicted octanol–water partition coefficient (Wildman–Crippen LogP) is 2.08. The van der Waals surface area contributed by atoms with E-state index >= 15 is 0 Å². The Kier molecular flexibility index (Phi) is 3.65. The first-order valence-electron chi connectivity index (χ1n) is 5.61. The molecule has 2 N–H and O–H groups in total. The summed E-state index contributed by atoms with van der Waals surface area (Å²) in [6.07, 6.45) is 0. The number of hydrogen-bond donors (Lipinski definition) is 1. The van der Waals surface area contributed by atoms with E-state index < -0.39 is 4.92 Å². The van der Waals surface area contributed by atoms with Crippen molar-refractivity contribution in [3.63, 3.8) is 0 Å². The van der Waals surface area contributed by atoms with Gasteiger partial charge in [0.15, 0.2) is 0 Å². The van der Waals surface area contributed by atoms with E-state index in [-0.39, 0.29) is 23.1 Å². The first kappa shape index (κ1) is 13.5. The molecule has 1 aromatic carbocycles. The second-order valence-corrected chi connectivity index (χ2v) is 3.87. The summed E-state index contributed by atoms with van der Waals surface area (Å²) in [5, 5.41) is 11.0. The van der Waals surface area contributed by atoms with Crippen molar-refractivity contribution in [2.75, 3.05) is 12.8 Å². The number of nitro benzene ring substituents is 1. The fraction of sp³-hybridized carbons (Fsp3) is 0.167. The number of aromatic nitrogens is 2. The molecule has 1 aromatic heterocycles. The van der Waals surface area contributed by atoms with Crippen molar-refractivity contribution in [2.45, 2.75) is 6.92 Å². The Morgan fingerprint density at radius 3 is 2.65 bits per heavy atom. The highest BCUT2D eigenvalue weighted by Gasteiger charge is 2.17. The van der Waals surface area contributed by atoms with Crippen LogP contribution in [-0.4, -0.2) is 22.0 Å². The highest BCUT2D eigenvalue weighted by molar-refractivity contribution is 5.52. The monoisotopic (exact) mass is 276 g/mol. The molecular formula is C12H12N4O4. The lowest BCUT2D eigenvalue weighted by Gasteiger charge is -2.08. The van der Waals surface area contributed by atoms with Gasteiger partial charge in [0.05, 0.1) is 12.0 Å². The zero-order valence-electron chi connectivity index (χ0n) is 10.9. The third-order valence-corrected chi connectivity index (χ3v) is 2.41. The van der Waals surface area contributed by atoms with Crippen molar-refractivity contribution in [3.05, 3.63) is 40.2 Å². The van der Waals surface area contributed by atoms with Gasteiger partial charge in [0.2, 0.25) is 11.6 Å². The van der Waals surface area contributed by atoms with Gasteiger partial charge in [-0.25, -0.2) is 4.98 Å². The van der Waals surface area contributed by atoms with Crippen LogP contribution in [0.25, 0.3) is 0 Å². The summed E-state index contributed by atoms with van der Waals surface area (Å²) in [7, 11) is 1.46. The Labute approximate surface area is 114 Å². The van der Waals surface area contributed by atoms with Gasteiger partial charge in [-0.1, -0.05) is 0 Å². The fourth-order valence-corrected chi connectivity index (χ4v) is 1.58. The van der Waals surface area contributed by atoms with Crippen LogP contribution in [0.5, 0.6) is 17.4 Å². The first-order valence-corrected chi connectivity index (χ1v) is 5.61. The van der Waals surface area contributed by atoms with Crippen molar-refractivity contribution in [2.24, 2.45) is 0 Å². The number of nitrogens with zero attached hydrogens (tertiary/aromatic N) is 3. The largest absolute Gasteiger partial charge is 0.497 e. The van der Waals surface area contributed by atoms with Gasteiger partial charge in [-0.2, -0.15) is 4.98 Å².